The topological polar surface area (TPSA) is 12.0 Å². The van der Waals surface area contributed by atoms with Crippen molar-refractivity contribution in [2.45, 2.75) is 58.0 Å². The molecular formula is C14H21NS. The third-order valence-corrected chi connectivity index (χ3v) is 5.00. The molecule has 2 aliphatic carbocycles. The van der Waals surface area contributed by atoms with Crippen LogP contribution in [0.5, 0.6) is 0 Å². The summed E-state index contributed by atoms with van der Waals surface area (Å²) in [6.07, 6.45) is 5.46. The quantitative estimate of drug-likeness (QED) is 0.842. The van der Waals surface area contributed by atoms with Gasteiger partial charge < -0.3 is 5.32 Å². The first-order valence-electron chi connectivity index (χ1n) is 6.56. The molecule has 2 atom stereocenters. The number of hydrogen-bond donors (Lipinski definition) is 1. The van der Waals surface area contributed by atoms with E-state index in [-0.39, 0.29) is 0 Å². The molecule has 2 unspecified atom stereocenters. The van der Waals surface area contributed by atoms with Crippen molar-refractivity contribution < 1.29 is 0 Å². The van der Waals surface area contributed by atoms with Crippen LogP contribution in [0.15, 0.2) is 5.38 Å². The minimum atomic E-state index is 0.779. The van der Waals surface area contributed by atoms with E-state index < -0.39 is 0 Å². The summed E-state index contributed by atoms with van der Waals surface area (Å²) in [5.41, 5.74) is 3.28. The molecule has 0 amide bonds. The van der Waals surface area contributed by atoms with Crippen LogP contribution in [0, 0.1) is 5.92 Å². The number of fused-ring (bicyclic) bond motifs is 1. The molecule has 1 nitrogen and oxygen atoms in total. The van der Waals surface area contributed by atoms with Crippen LogP contribution in [0.4, 0.5) is 0 Å². The minimum absolute atomic E-state index is 0.779. The van der Waals surface area contributed by atoms with E-state index in [0.717, 1.165) is 24.4 Å². The summed E-state index contributed by atoms with van der Waals surface area (Å²) in [5.74, 6) is 1.66. The zero-order chi connectivity index (χ0) is 11.1. The van der Waals surface area contributed by atoms with Gasteiger partial charge in [0, 0.05) is 17.5 Å². The Hall–Kier alpha value is -0.340. The number of hydrogen-bond acceptors (Lipinski definition) is 2. The van der Waals surface area contributed by atoms with Crippen molar-refractivity contribution in [3.63, 3.8) is 0 Å². The zero-order valence-corrected chi connectivity index (χ0v) is 11.1. The van der Waals surface area contributed by atoms with E-state index in [0.29, 0.717) is 0 Å². The Morgan fingerprint density at radius 1 is 1.38 bits per heavy atom. The van der Waals surface area contributed by atoms with Crippen LogP contribution in [0.3, 0.4) is 0 Å². The van der Waals surface area contributed by atoms with E-state index in [9.17, 15) is 0 Å². The molecule has 88 valence electrons. The summed E-state index contributed by atoms with van der Waals surface area (Å²) in [6.45, 7) is 5.90. The average Bonchev–Trinajstić information content (AvgIpc) is 2.96. The number of rotatable bonds is 3. The Bertz CT molecular complexity index is 378. The van der Waals surface area contributed by atoms with Crippen molar-refractivity contribution in [1.82, 2.24) is 5.32 Å². The van der Waals surface area contributed by atoms with Gasteiger partial charge in [-0.05, 0) is 54.0 Å². The van der Waals surface area contributed by atoms with Gasteiger partial charge in [-0.3, -0.25) is 0 Å². The van der Waals surface area contributed by atoms with E-state index >= 15 is 0 Å². The Morgan fingerprint density at radius 2 is 2.19 bits per heavy atom. The molecule has 0 aromatic carbocycles. The molecule has 1 aromatic rings. The Labute approximate surface area is 102 Å². The van der Waals surface area contributed by atoms with Crippen LogP contribution in [-0.2, 0) is 13.0 Å². The Balaban J connectivity index is 1.78. The van der Waals surface area contributed by atoms with Gasteiger partial charge in [-0.2, -0.15) is 0 Å². The summed E-state index contributed by atoms with van der Waals surface area (Å²) < 4.78 is 0. The van der Waals surface area contributed by atoms with Crippen molar-refractivity contribution >= 4 is 11.3 Å². The zero-order valence-electron chi connectivity index (χ0n) is 10.3. The monoisotopic (exact) mass is 235 g/mol. The fourth-order valence-electron chi connectivity index (χ4n) is 3.00. The van der Waals surface area contributed by atoms with Crippen molar-refractivity contribution in [2.24, 2.45) is 5.92 Å². The van der Waals surface area contributed by atoms with Gasteiger partial charge in [0.15, 0.2) is 0 Å². The third kappa shape index (κ3) is 2.05. The molecule has 1 heterocycles. The predicted molar refractivity (Wildman–Crippen MR) is 70.1 cm³/mol. The molecule has 1 saturated carbocycles. The SMILES string of the molecule is CC1Cc2scc(CNC3CC3)c2C(C)C1. The molecule has 2 heteroatoms. The highest BCUT2D eigenvalue weighted by Crippen LogP contribution is 2.40. The van der Waals surface area contributed by atoms with Gasteiger partial charge in [0.1, 0.15) is 0 Å². The smallest absolute Gasteiger partial charge is 0.0219 e. The lowest BCUT2D eigenvalue weighted by Crippen LogP contribution is -2.19. The molecule has 0 bridgehead atoms. The normalized spacial score (nSPS) is 29.1. The van der Waals surface area contributed by atoms with Gasteiger partial charge in [0.2, 0.25) is 0 Å². The molecule has 2 aliphatic rings. The van der Waals surface area contributed by atoms with Crippen LogP contribution in [0.1, 0.15) is 55.0 Å². The lowest BCUT2D eigenvalue weighted by Gasteiger charge is -2.25. The summed E-state index contributed by atoms with van der Waals surface area (Å²) in [4.78, 5) is 1.67. The first-order chi connectivity index (χ1) is 7.74. The first-order valence-corrected chi connectivity index (χ1v) is 7.44. The van der Waals surface area contributed by atoms with Crippen molar-refractivity contribution in [3.8, 4) is 0 Å². The molecular weight excluding hydrogens is 214 g/mol. The predicted octanol–water partition coefficient (Wildman–Crippen LogP) is 3.69. The second-order valence-corrected chi connectivity index (χ2v) is 6.66. The number of nitrogens with one attached hydrogen (secondary N) is 1. The third-order valence-electron chi connectivity index (χ3n) is 3.93. The van der Waals surface area contributed by atoms with Crippen LogP contribution >= 0.6 is 11.3 Å². The van der Waals surface area contributed by atoms with E-state index in [1.807, 2.05) is 11.3 Å². The van der Waals surface area contributed by atoms with Gasteiger partial charge in [-0.15, -0.1) is 11.3 Å². The van der Waals surface area contributed by atoms with Crippen LogP contribution in [0.2, 0.25) is 0 Å². The minimum Gasteiger partial charge on any atom is -0.310 e. The molecule has 0 radical (unpaired) electrons. The Morgan fingerprint density at radius 3 is 2.94 bits per heavy atom. The van der Waals surface area contributed by atoms with Gasteiger partial charge in [0.05, 0.1) is 0 Å². The van der Waals surface area contributed by atoms with Crippen molar-refractivity contribution in [2.75, 3.05) is 0 Å². The fourth-order valence-corrected chi connectivity index (χ4v) is 4.33. The number of thiophene rings is 1. The second kappa shape index (κ2) is 4.15. The molecule has 0 aliphatic heterocycles. The highest BCUT2D eigenvalue weighted by molar-refractivity contribution is 7.10. The van der Waals surface area contributed by atoms with E-state index in [1.165, 1.54) is 25.7 Å². The van der Waals surface area contributed by atoms with Crippen LogP contribution in [0.25, 0.3) is 0 Å². The summed E-state index contributed by atoms with van der Waals surface area (Å²) >= 11 is 1.99. The van der Waals surface area contributed by atoms with Gasteiger partial charge in [-0.25, -0.2) is 0 Å². The van der Waals surface area contributed by atoms with E-state index in [2.05, 4.69) is 24.5 Å². The van der Waals surface area contributed by atoms with Gasteiger partial charge >= 0.3 is 0 Å². The molecule has 0 saturated heterocycles. The molecule has 3 rings (SSSR count). The molecule has 1 aromatic heterocycles. The average molecular weight is 235 g/mol. The van der Waals surface area contributed by atoms with E-state index in [1.54, 1.807) is 16.0 Å². The fraction of sp³-hybridized carbons (Fsp3) is 0.714. The largest absolute Gasteiger partial charge is 0.310 e. The molecule has 16 heavy (non-hydrogen) atoms. The molecule has 1 fully saturated rings. The lowest BCUT2D eigenvalue weighted by atomic mass is 9.81. The maximum atomic E-state index is 3.65. The highest BCUT2D eigenvalue weighted by atomic mass is 32.1. The standard InChI is InChI=1S/C14H21NS/c1-9-5-10(2)14-11(7-15-12-3-4-12)8-16-13(14)6-9/h8-10,12,15H,3-7H2,1-2H3. The summed E-state index contributed by atoms with van der Waals surface area (Å²) in [5, 5.41) is 6.04. The van der Waals surface area contributed by atoms with Gasteiger partial charge in [0.25, 0.3) is 0 Å². The maximum absolute atomic E-state index is 3.65. The summed E-state index contributed by atoms with van der Waals surface area (Å²) in [7, 11) is 0. The summed E-state index contributed by atoms with van der Waals surface area (Å²) in [6, 6.07) is 0.827. The lowest BCUT2D eigenvalue weighted by molar-refractivity contribution is 0.452. The van der Waals surface area contributed by atoms with Crippen molar-refractivity contribution in [1.29, 1.82) is 0 Å². The van der Waals surface area contributed by atoms with Crippen molar-refractivity contribution in [3.05, 3.63) is 21.4 Å². The Kier molecular flexibility index (Phi) is 2.80. The second-order valence-electron chi connectivity index (χ2n) is 5.70. The molecule has 0 spiro atoms. The van der Waals surface area contributed by atoms with Crippen LogP contribution < -0.4 is 5.32 Å². The molecule has 1 N–H and O–H groups in total. The van der Waals surface area contributed by atoms with Gasteiger partial charge in [-0.1, -0.05) is 13.8 Å². The van der Waals surface area contributed by atoms with E-state index in [4.69, 9.17) is 0 Å². The van der Waals surface area contributed by atoms with Crippen LogP contribution in [-0.4, -0.2) is 6.04 Å². The maximum Gasteiger partial charge on any atom is 0.0219 e. The highest BCUT2D eigenvalue weighted by Gasteiger charge is 2.26. The first kappa shape index (κ1) is 10.8.